The van der Waals surface area contributed by atoms with Gasteiger partial charge in [-0.15, -0.1) is 0 Å². The van der Waals surface area contributed by atoms with Crippen LogP contribution >= 0.6 is 0 Å². The summed E-state index contributed by atoms with van der Waals surface area (Å²) in [5.41, 5.74) is 2.00. The number of aryl methyl sites for hydroxylation is 1. The van der Waals surface area contributed by atoms with Crippen molar-refractivity contribution in [3.8, 4) is 0 Å². The highest BCUT2D eigenvalue weighted by Crippen LogP contribution is 2.33. The van der Waals surface area contributed by atoms with E-state index in [1.807, 2.05) is 0 Å². The van der Waals surface area contributed by atoms with Gasteiger partial charge in [-0.1, -0.05) is 0 Å². The number of aromatic amines is 1. The van der Waals surface area contributed by atoms with Crippen molar-refractivity contribution in [2.75, 3.05) is 19.6 Å². The summed E-state index contributed by atoms with van der Waals surface area (Å²) in [6.45, 7) is 5.09. The molecule has 4 nitrogen and oxygen atoms in total. The molecule has 1 unspecified atom stereocenters. The number of hydrogen-bond donors (Lipinski definition) is 1. The first kappa shape index (κ1) is 17.7. The number of Topliss-reactive ketones (excluding diaryl/α,β-unsaturated/α-hetero) is 2. The van der Waals surface area contributed by atoms with Crippen LogP contribution in [0.15, 0.2) is 0 Å². The molecule has 7 heteroatoms. The van der Waals surface area contributed by atoms with Gasteiger partial charge in [0.1, 0.15) is 0 Å². The number of ketones is 2. The number of carbonyl (C=O) groups excluding carboxylic acids is 2. The zero-order valence-electron chi connectivity index (χ0n) is 13.5. The van der Waals surface area contributed by atoms with E-state index in [0.29, 0.717) is 35.5 Å². The molecule has 2 heterocycles. The van der Waals surface area contributed by atoms with Crippen LogP contribution in [0.5, 0.6) is 0 Å². The van der Waals surface area contributed by atoms with Crippen LogP contribution in [0.2, 0.25) is 0 Å². The van der Waals surface area contributed by atoms with E-state index in [0.717, 1.165) is 0 Å². The van der Waals surface area contributed by atoms with E-state index in [1.165, 1.54) is 6.92 Å². The molecule has 1 N–H and O–H groups in total. The number of carbonyl (C=O) groups is 2. The van der Waals surface area contributed by atoms with Crippen LogP contribution < -0.4 is 0 Å². The van der Waals surface area contributed by atoms with Gasteiger partial charge in [0.25, 0.3) is 0 Å². The quantitative estimate of drug-likeness (QED) is 0.862. The van der Waals surface area contributed by atoms with Crippen molar-refractivity contribution >= 4 is 11.6 Å². The van der Waals surface area contributed by atoms with E-state index < -0.39 is 12.1 Å². The largest absolute Gasteiger partial charge is 0.393 e. The maximum atomic E-state index is 12.8. The average molecular weight is 330 g/mol. The van der Waals surface area contributed by atoms with Crippen LogP contribution in [0.3, 0.4) is 0 Å². The van der Waals surface area contributed by atoms with Crippen molar-refractivity contribution in [2.24, 2.45) is 5.92 Å². The Morgan fingerprint density at radius 3 is 2.48 bits per heavy atom. The van der Waals surface area contributed by atoms with Gasteiger partial charge in [-0.05, 0) is 45.7 Å². The summed E-state index contributed by atoms with van der Waals surface area (Å²) in [5, 5.41) is 0. The highest BCUT2D eigenvalue weighted by Gasteiger charge is 2.42. The fourth-order valence-electron chi connectivity index (χ4n) is 3.31. The maximum absolute atomic E-state index is 12.8. The molecule has 1 saturated heterocycles. The fourth-order valence-corrected chi connectivity index (χ4v) is 3.31. The van der Waals surface area contributed by atoms with Crippen molar-refractivity contribution < 1.29 is 22.8 Å². The van der Waals surface area contributed by atoms with Gasteiger partial charge in [0.05, 0.1) is 18.2 Å². The molecule has 2 rings (SSSR count). The SMILES string of the molecule is CC(=O)c1c(C)[nH]c(C(=O)CN2CCCC(C(F)(F)F)C2)c1C. The summed E-state index contributed by atoms with van der Waals surface area (Å²) in [6, 6.07) is 0. The normalized spacial score (nSPS) is 19.8. The molecular formula is C16H21F3N2O2. The number of H-pyrrole nitrogens is 1. The lowest BCUT2D eigenvalue weighted by atomic mass is 9.97. The summed E-state index contributed by atoms with van der Waals surface area (Å²) >= 11 is 0. The number of piperidine rings is 1. The third kappa shape index (κ3) is 3.83. The van der Waals surface area contributed by atoms with E-state index in [-0.39, 0.29) is 31.1 Å². The lowest BCUT2D eigenvalue weighted by molar-refractivity contribution is -0.186. The van der Waals surface area contributed by atoms with Crippen molar-refractivity contribution in [1.82, 2.24) is 9.88 Å². The third-order valence-electron chi connectivity index (χ3n) is 4.40. The lowest BCUT2D eigenvalue weighted by Crippen LogP contribution is -2.43. The lowest BCUT2D eigenvalue weighted by Gasteiger charge is -2.33. The minimum absolute atomic E-state index is 0.0648. The minimum Gasteiger partial charge on any atom is -0.355 e. The number of rotatable bonds is 4. The average Bonchev–Trinajstić information content (AvgIpc) is 2.73. The molecule has 1 aromatic heterocycles. The molecule has 0 bridgehead atoms. The fraction of sp³-hybridized carbons (Fsp3) is 0.625. The van der Waals surface area contributed by atoms with Crippen LogP contribution in [0.4, 0.5) is 13.2 Å². The summed E-state index contributed by atoms with van der Waals surface area (Å²) in [4.78, 5) is 28.5. The van der Waals surface area contributed by atoms with Crippen molar-refractivity contribution in [1.29, 1.82) is 0 Å². The van der Waals surface area contributed by atoms with E-state index in [2.05, 4.69) is 4.98 Å². The van der Waals surface area contributed by atoms with E-state index >= 15 is 0 Å². The van der Waals surface area contributed by atoms with Gasteiger partial charge in [0.15, 0.2) is 11.6 Å². The zero-order chi connectivity index (χ0) is 17.4. The molecule has 1 atom stereocenters. The molecule has 23 heavy (non-hydrogen) atoms. The monoisotopic (exact) mass is 330 g/mol. The van der Waals surface area contributed by atoms with Crippen LogP contribution in [-0.4, -0.2) is 47.3 Å². The summed E-state index contributed by atoms with van der Waals surface area (Å²) in [5.74, 6) is -1.78. The summed E-state index contributed by atoms with van der Waals surface area (Å²) in [6.07, 6.45) is -3.68. The van der Waals surface area contributed by atoms with E-state index in [9.17, 15) is 22.8 Å². The van der Waals surface area contributed by atoms with E-state index in [1.54, 1.807) is 18.7 Å². The smallest absolute Gasteiger partial charge is 0.355 e. The zero-order valence-corrected chi connectivity index (χ0v) is 13.5. The molecule has 0 aliphatic carbocycles. The van der Waals surface area contributed by atoms with Crippen molar-refractivity contribution in [3.63, 3.8) is 0 Å². The number of nitrogens with zero attached hydrogens (tertiary/aromatic N) is 1. The maximum Gasteiger partial charge on any atom is 0.393 e. The number of aromatic nitrogens is 1. The Morgan fingerprint density at radius 2 is 1.96 bits per heavy atom. The second-order valence-corrected chi connectivity index (χ2v) is 6.22. The molecule has 0 aromatic carbocycles. The number of likely N-dealkylation sites (tertiary alicyclic amines) is 1. The molecule has 1 fully saturated rings. The van der Waals surface area contributed by atoms with Crippen LogP contribution in [-0.2, 0) is 0 Å². The Labute approximate surface area is 133 Å². The van der Waals surface area contributed by atoms with Gasteiger partial charge in [-0.3, -0.25) is 14.5 Å². The highest BCUT2D eigenvalue weighted by atomic mass is 19.4. The first-order valence-electron chi connectivity index (χ1n) is 7.63. The second kappa shape index (κ2) is 6.47. The molecule has 0 amide bonds. The Balaban J connectivity index is 2.11. The molecule has 0 radical (unpaired) electrons. The van der Waals surface area contributed by atoms with Gasteiger partial charge in [0, 0.05) is 17.8 Å². The van der Waals surface area contributed by atoms with Crippen LogP contribution in [0.25, 0.3) is 0 Å². The van der Waals surface area contributed by atoms with Crippen molar-refractivity contribution in [2.45, 2.75) is 39.8 Å². The second-order valence-electron chi connectivity index (χ2n) is 6.22. The van der Waals surface area contributed by atoms with Crippen LogP contribution in [0, 0.1) is 19.8 Å². The molecule has 1 aliphatic rings. The number of hydrogen-bond acceptors (Lipinski definition) is 3. The van der Waals surface area contributed by atoms with E-state index in [4.69, 9.17) is 0 Å². The van der Waals surface area contributed by atoms with Gasteiger partial charge in [-0.2, -0.15) is 13.2 Å². The standard InChI is InChI=1S/C16H21F3N2O2/c1-9-14(11(3)22)10(2)20-15(9)13(23)8-21-6-4-5-12(7-21)16(17,18)19/h12,20H,4-8H2,1-3H3. The van der Waals surface area contributed by atoms with Crippen molar-refractivity contribution in [3.05, 3.63) is 22.5 Å². The number of halogens is 3. The van der Waals surface area contributed by atoms with Gasteiger partial charge < -0.3 is 4.98 Å². The topological polar surface area (TPSA) is 53.2 Å². The summed E-state index contributed by atoms with van der Waals surface area (Å²) in [7, 11) is 0. The third-order valence-corrected chi connectivity index (χ3v) is 4.40. The van der Waals surface area contributed by atoms with Crippen LogP contribution in [0.1, 0.15) is 51.9 Å². The van der Waals surface area contributed by atoms with Gasteiger partial charge in [-0.25, -0.2) is 0 Å². The first-order chi connectivity index (χ1) is 10.6. The predicted octanol–water partition coefficient (Wildman–Crippen LogP) is 3.29. The molecular weight excluding hydrogens is 309 g/mol. The molecule has 1 aromatic rings. The number of alkyl halides is 3. The Bertz CT molecular complexity index is 620. The molecule has 128 valence electrons. The predicted molar refractivity (Wildman–Crippen MR) is 79.8 cm³/mol. The Hall–Kier alpha value is -1.63. The summed E-state index contributed by atoms with van der Waals surface area (Å²) < 4.78 is 38.5. The van der Waals surface area contributed by atoms with Gasteiger partial charge >= 0.3 is 6.18 Å². The minimum atomic E-state index is -4.22. The molecule has 1 aliphatic heterocycles. The number of nitrogens with one attached hydrogen (secondary N) is 1. The highest BCUT2D eigenvalue weighted by molar-refractivity contribution is 6.03. The van der Waals surface area contributed by atoms with Gasteiger partial charge in [0.2, 0.25) is 0 Å². The molecule has 0 spiro atoms. The molecule has 0 saturated carbocycles. The Kier molecular flexibility index (Phi) is 4.98. The first-order valence-corrected chi connectivity index (χ1v) is 7.63. The Morgan fingerprint density at radius 1 is 1.30 bits per heavy atom.